The number of ether oxygens (including phenoxy) is 1. The highest BCUT2D eigenvalue weighted by molar-refractivity contribution is 6.06. The Hall–Kier alpha value is -2.42. The zero-order valence-electron chi connectivity index (χ0n) is 13.8. The van der Waals surface area contributed by atoms with Crippen LogP contribution in [0.1, 0.15) is 39.0 Å². The Morgan fingerprint density at radius 2 is 1.79 bits per heavy atom. The van der Waals surface area contributed by atoms with Crippen LogP contribution in [0.2, 0.25) is 0 Å². The molecule has 0 spiro atoms. The van der Waals surface area contributed by atoms with Crippen molar-refractivity contribution in [1.29, 1.82) is 0 Å². The topological polar surface area (TPSA) is 26.3 Å². The zero-order valence-corrected chi connectivity index (χ0v) is 13.8. The van der Waals surface area contributed by atoms with E-state index in [2.05, 4.69) is 6.92 Å². The van der Waals surface area contributed by atoms with E-state index in [1.807, 2.05) is 36.4 Å². The quantitative estimate of drug-likeness (QED) is 0.240. The number of fused-ring (bicyclic) bond motifs is 2. The minimum atomic E-state index is -0.368. The Morgan fingerprint density at radius 3 is 2.62 bits per heavy atom. The summed E-state index contributed by atoms with van der Waals surface area (Å²) in [6.07, 6.45) is 4.40. The molecule has 0 bridgehead atoms. The van der Waals surface area contributed by atoms with E-state index < -0.39 is 0 Å². The first-order valence-electron chi connectivity index (χ1n) is 8.51. The predicted octanol–water partition coefficient (Wildman–Crippen LogP) is 6.01. The van der Waals surface area contributed by atoms with Gasteiger partial charge in [0.15, 0.2) is 0 Å². The van der Waals surface area contributed by atoms with Crippen LogP contribution < -0.4 is 4.74 Å². The van der Waals surface area contributed by atoms with Gasteiger partial charge in [-0.3, -0.25) is 4.79 Å². The van der Waals surface area contributed by atoms with Gasteiger partial charge in [0, 0.05) is 11.8 Å². The summed E-state index contributed by atoms with van der Waals surface area (Å²) in [5.74, 6) is -0.333. The molecule has 3 rings (SSSR count). The van der Waals surface area contributed by atoms with E-state index in [-0.39, 0.29) is 11.8 Å². The van der Waals surface area contributed by atoms with Gasteiger partial charge in [0.1, 0.15) is 11.6 Å². The van der Waals surface area contributed by atoms with E-state index in [0.717, 1.165) is 41.8 Å². The van der Waals surface area contributed by atoms with Gasteiger partial charge in [-0.2, -0.15) is 0 Å². The Balaban J connectivity index is 1.99. The average molecular weight is 324 g/mol. The van der Waals surface area contributed by atoms with E-state index in [0.29, 0.717) is 17.6 Å². The molecule has 0 N–H and O–H groups in total. The van der Waals surface area contributed by atoms with E-state index in [1.165, 1.54) is 6.07 Å². The largest absolute Gasteiger partial charge is 0.425 e. The molecule has 0 fully saturated rings. The highest BCUT2D eigenvalue weighted by atomic mass is 19.1. The standard InChI is InChI=1S/C21H21FO2/c1-2-3-4-5-13-19(23)24-21-17-11-7-6-9-15(17)14-16-10-8-12-18(22)20(16)21/h6-12,14H,2-5,13H2,1H3. The van der Waals surface area contributed by atoms with Crippen molar-refractivity contribution in [2.24, 2.45) is 0 Å². The molecule has 0 atom stereocenters. The van der Waals surface area contributed by atoms with Crippen LogP contribution in [0.5, 0.6) is 5.75 Å². The molecule has 0 unspecified atom stereocenters. The summed E-state index contributed by atoms with van der Waals surface area (Å²) in [5, 5.41) is 2.81. The summed E-state index contributed by atoms with van der Waals surface area (Å²) >= 11 is 0. The van der Waals surface area contributed by atoms with Gasteiger partial charge in [-0.05, 0) is 29.3 Å². The number of unbranched alkanes of at least 4 members (excludes halogenated alkanes) is 3. The second-order valence-corrected chi connectivity index (χ2v) is 6.05. The van der Waals surface area contributed by atoms with Gasteiger partial charge in [-0.15, -0.1) is 0 Å². The molecule has 3 aromatic carbocycles. The second kappa shape index (κ2) is 7.43. The van der Waals surface area contributed by atoms with E-state index in [9.17, 15) is 9.18 Å². The highest BCUT2D eigenvalue weighted by Crippen LogP contribution is 2.36. The first-order valence-corrected chi connectivity index (χ1v) is 8.51. The molecule has 0 aliphatic rings. The number of halogens is 1. The Bertz CT molecular complexity index is 870. The SMILES string of the molecule is CCCCCCC(=O)Oc1c2ccccc2cc2cccc(F)c12. The minimum absolute atomic E-state index is 0.299. The molecule has 2 nitrogen and oxygen atoms in total. The molecule has 0 aliphatic carbocycles. The highest BCUT2D eigenvalue weighted by Gasteiger charge is 2.15. The molecule has 0 saturated heterocycles. The molecule has 0 saturated carbocycles. The van der Waals surface area contributed by atoms with Crippen LogP contribution >= 0.6 is 0 Å². The van der Waals surface area contributed by atoms with Crippen LogP contribution in [0.3, 0.4) is 0 Å². The lowest BCUT2D eigenvalue weighted by atomic mass is 10.0. The number of carbonyl (C=O) groups excluding carboxylic acids is 1. The summed E-state index contributed by atoms with van der Waals surface area (Å²) in [5.41, 5.74) is 0. The summed E-state index contributed by atoms with van der Waals surface area (Å²) in [4.78, 5) is 12.2. The number of benzene rings is 3. The normalized spacial score (nSPS) is 11.1. The van der Waals surface area contributed by atoms with Crippen LogP contribution in [0.15, 0.2) is 48.5 Å². The molecule has 0 heterocycles. The van der Waals surface area contributed by atoms with Crippen molar-refractivity contribution in [3.8, 4) is 5.75 Å². The van der Waals surface area contributed by atoms with Gasteiger partial charge < -0.3 is 4.74 Å². The first kappa shape index (κ1) is 16.4. The second-order valence-electron chi connectivity index (χ2n) is 6.05. The van der Waals surface area contributed by atoms with Crippen molar-refractivity contribution >= 4 is 27.5 Å². The van der Waals surface area contributed by atoms with Gasteiger partial charge in [0.25, 0.3) is 0 Å². The third kappa shape index (κ3) is 3.40. The maximum Gasteiger partial charge on any atom is 0.311 e. The van der Waals surface area contributed by atoms with Crippen LogP contribution in [0.4, 0.5) is 4.39 Å². The van der Waals surface area contributed by atoms with Crippen molar-refractivity contribution in [3.05, 3.63) is 54.3 Å². The van der Waals surface area contributed by atoms with Crippen molar-refractivity contribution in [2.45, 2.75) is 39.0 Å². The number of hydrogen-bond acceptors (Lipinski definition) is 2. The molecule has 3 heteroatoms. The summed E-state index contributed by atoms with van der Waals surface area (Å²) < 4.78 is 20.0. The smallest absolute Gasteiger partial charge is 0.311 e. The molecule has 24 heavy (non-hydrogen) atoms. The fourth-order valence-corrected chi connectivity index (χ4v) is 3.00. The monoisotopic (exact) mass is 324 g/mol. The number of hydrogen-bond donors (Lipinski definition) is 0. The maximum absolute atomic E-state index is 14.4. The zero-order chi connectivity index (χ0) is 16.9. The molecule has 0 radical (unpaired) electrons. The van der Waals surface area contributed by atoms with E-state index in [4.69, 9.17) is 4.74 Å². The Kier molecular flexibility index (Phi) is 5.09. The van der Waals surface area contributed by atoms with Crippen LogP contribution in [0, 0.1) is 5.82 Å². The van der Waals surface area contributed by atoms with E-state index >= 15 is 0 Å². The van der Waals surface area contributed by atoms with Gasteiger partial charge in [0.2, 0.25) is 0 Å². The van der Waals surface area contributed by atoms with Crippen molar-refractivity contribution in [2.75, 3.05) is 0 Å². The van der Waals surface area contributed by atoms with Crippen molar-refractivity contribution in [1.82, 2.24) is 0 Å². The average Bonchev–Trinajstić information content (AvgIpc) is 2.58. The van der Waals surface area contributed by atoms with Crippen molar-refractivity contribution < 1.29 is 13.9 Å². The number of carbonyl (C=O) groups is 1. The van der Waals surface area contributed by atoms with E-state index in [1.54, 1.807) is 6.07 Å². The van der Waals surface area contributed by atoms with Crippen LogP contribution in [-0.2, 0) is 4.79 Å². The number of rotatable bonds is 6. The lowest BCUT2D eigenvalue weighted by Crippen LogP contribution is -2.08. The fourth-order valence-electron chi connectivity index (χ4n) is 3.00. The molecule has 3 aromatic rings. The molecular formula is C21H21FO2. The van der Waals surface area contributed by atoms with Gasteiger partial charge in [-0.1, -0.05) is 62.6 Å². The summed E-state index contributed by atoms with van der Waals surface area (Å²) in [6.45, 7) is 2.13. The Morgan fingerprint density at radius 1 is 1.00 bits per heavy atom. The lowest BCUT2D eigenvalue weighted by Gasteiger charge is -2.12. The fraction of sp³-hybridized carbons (Fsp3) is 0.286. The van der Waals surface area contributed by atoms with Crippen LogP contribution in [-0.4, -0.2) is 5.97 Å². The summed E-state index contributed by atoms with van der Waals surface area (Å²) in [7, 11) is 0. The molecule has 124 valence electrons. The lowest BCUT2D eigenvalue weighted by molar-refractivity contribution is -0.134. The van der Waals surface area contributed by atoms with Crippen LogP contribution in [0.25, 0.3) is 21.5 Å². The first-order chi connectivity index (χ1) is 11.7. The predicted molar refractivity (Wildman–Crippen MR) is 95.8 cm³/mol. The third-order valence-electron chi connectivity index (χ3n) is 4.24. The number of esters is 1. The van der Waals surface area contributed by atoms with Crippen molar-refractivity contribution in [3.63, 3.8) is 0 Å². The molecular weight excluding hydrogens is 303 g/mol. The Labute approximate surface area is 141 Å². The third-order valence-corrected chi connectivity index (χ3v) is 4.24. The minimum Gasteiger partial charge on any atom is -0.425 e. The van der Waals surface area contributed by atoms with Gasteiger partial charge in [-0.25, -0.2) is 4.39 Å². The van der Waals surface area contributed by atoms with Gasteiger partial charge >= 0.3 is 5.97 Å². The molecule has 0 aromatic heterocycles. The molecule has 0 aliphatic heterocycles. The molecule has 0 amide bonds. The maximum atomic E-state index is 14.4. The van der Waals surface area contributed by atoms with Gasteiger partial charge in [0.05, 0.1) is 5.39 Å². The summed E-state index contributed by atoms with van der Waals surface area (Å²) in [6, 6.07) is 14.4.